The van der Waals surface area contributed by atoms with E-state index in [1.54, 1.807) is 32.5 Å². The van der Waals surface area contributed by atoms with Gasteiger partial charge in [0, 0.05) is 84.9 Å². The van der Waals surface area contributed by atoms with E-state index in [1.165, 1.54) is 20.3 Å². The fourth-order valence-electron chi connectivity index (χ4n) is 7.24. The number of aromatic nitrogens is 3. The quantitative estimate of drug-likeness (QED) is 0.175. The van der Waals surface area contributed by atoms with Crippen molar-refractivity contribution < 1.29 is 23.8 Å². The highest BCUT2D eigenvalue weighted by atomic mass is 35.5. The molecule has 1 N–H and O–H groups in total. The maximum Gasteiger partial charge on any atom is 0.247 e. The van der Waals surface area contributed by atoms with Crippen LogP contribution in [0.1, 0.15) is 19.8 Å². The van der Waals surface area contributed by atoms with Crippen LogP contribution < -0.4 is 24.4 Å². The minimum Gasteiger partial charge on any atom is -0.496 e. The number of hydrogen-bond donors (Lipinski definition) is 1. The number of imidazole rings is 1. The largest absolute Gasteiger partial charge is 0.496 e. The molecule has 2 aliphatic heterocycles. The summed E-state index contributed by atoms with van der Waals surface area (Å²) in [5.74, 6) is 1.17. The summed E-state index contributed by atoms with van der Waals surface area (Å²) in [5.41, 5.74) is 5.34. The summed E-state index contributed by atoms with van der Waals surface area (Å²) in [4.78, 5) is 38.8. The number of carbonyl (C=O) groups excluding carboxylic acids is 2. The number of hydrogen-bond acceptors (Lipinski definition) is 8. The van der Waals surface area contributed by atoms with E-state index < -0.39 is 0 Å². The Bertz CT molecular complexity index is 2130. The van der Waals surface area contributed by atoms with Gasteiger partial charge in [-0.2, -0.15) is 0 Å². The number of nitrogens with one attached hydrogen (secondary N) is 1. The maximum atomic E-state index is 12.7. The maximum absolute atomic E-state index is 12.7. The minimum atomic E-state index is -0.340. The third-order valence-corrected chi connectivity index (χ3v) is 10.2. The van der Waals surface area contributed by atoms with Crippen LogP contribution in [0.4, 0.5) is 11.4 Å². The number of ether oxygens (including phenoxy) is 3. The molecule has 7 rings (SSSR count). The van der Waals surface area contributed by atoms with E-state index in [-0.39, 0.29) is 23.9 Å². The monoisotopic (exact) mass is 700 g/mol. The van der Waals surface area contributed by atoms with Crippen molar-refractivity contribution in [2.75, 3.05) is 44.6 Å². The number of carbonyl (C=O) groups is 2. The number of anilines is 2. The Morgan fingerprint density at radius 1 is 0.918 bits per heavy atom. The highest BCUT2D eigenvalue weighted by molar-refractivity contribution is 6.41. The average molecular weight is 702 g/mol. The van der Waals surface area contributed by atoms with Gasteiger partial charge in [0.25, 0.3) is 0 Å². The lowest BCUT2D eigenvalue weighted by Gasteiger charge is -2.42. The molecule has 49 heavy (non-hydrogen) atoms. The van der Waals surface area contributed by atoms with Crippen LogP contribution in [-0.4, -0.2) is 77.6 Å². The number of pyridine rings is 2. The van der Waals surface area contributed by atoms with Gasteiger partial charge in [-0.1, -0.05) is 29.8 Å². The molecule has 2 amide bonds. The molecule has 2 unspecified atom stereocenters. The van der Waals surface area contributed by atoms with Crippen molar-refractivity contribution in [1.29, 1.82) is 0 Å². The molecule has 2 saturated heterocycles. The predicted octanol–water partition coefficient (Wildman–Crippen LogP) is 6.87. The van der Waals surface area contributed by atoms with Crippen molar-refractivity contribution in [2.45, 2.75) is 31.8 Å². The number of fused-ring (bicyclic) bond motifs is 5. The Balaban J connectivity index is 1.36. The van der Waals surface area contributed by atoms with E-state index in [0.717, 1.165) is 29.4 Å². The smallest absolute Gasteiger partial charge is 0.247 e. The van der Waals surface area contributed by atoms with Crippen molar-refractivity contribution in [3.8, 4) is 39.6 Å². The van der Waals surface area contributed by atoms with Crippen LogP contribution in [0.15, 0.2) is 61.6 Å². The predicted molar refractivity (Wildman–Crippen MR) is 191 cm³/mol. The number of halogens is 2. The van der Waals surface area contributed by atoms with Crippen molar-refractivity contribution in [2.24, 2.45) is 0 Å². The molecule has 2 aliphatic rings. The molecule has 3 aromatic heterocycles. The fourth-order valence-corrected chi connectivity index (χ4v) is 7.95. The lowest BCUT2D eigenvalue weighted by molar-refractivity contribution is -0.132. The molecule has 0 spiro atoms. The molecule has 11 nitrogen and oxygen atoms in total. The van der Waals surface area contributed by atoms with Gasteiger partial charge in [0.05, 0.1) is 54.0 Å². The van der Waals surface area contributed by atoms with E-state index in [4.69, 9.17) is 42.4 Å². The van der Waals surface area contributed by atoms with Crippen LogP contribution in [0, 0.1) is 0 Å². The van der Waals surface area contributed by atoms with Gasteiger partial charge in [0.1, 0.15) is 22.9 Å². The van der Waals surface area contributed by atoms with Crippen LogP contribution >= 0.6 is 23.2 Å². The Morgan fingerprint density at radius 3 is 2.20 bits per heavy atom. The lowest BCUT2D eigenvalue weighted by Crippen LogP contribution is -2.55. The van der Waals surface area contributed by atoms with Gasteiger partial charge in [-0.15, -0.1) is 0 Å². The molecule has 2 bridgehead atoms. The minimum absolute atomic E-state index is 0.0937. The molecule has 0 saturated carbocycles. The molecular weight excluding hydrogens is 667 g/mol. The Labute approximate surface area is 293 Å². The fraction of sp³-hybridized carbons (Fsp3) is 0.278. The van der Waals surface area contributed by atoms with Crippen LogP contribution in [0.25, 0.3) is 38.9 Å². The van der Waals surface area contributed by atoms with E-state index in [1.807, 2.05) is 39.8 Å². The number of piperazine rings is 1. The van der Waals surface area contributed by atoms with Crippen LogP contribution in [0.2, 0.25) is 10.0 Å². The van der Waals surface area contributed by atoms with E-state index in [0.29, 0.717) is 74.1 Å². The standard InChI is InChI=1S/C36H34Cl2N6O5/c1-6-32(46)41-26-12-23(29(47-3)14-28(26)42-17-21-7-8-22(18-42)44(21)19(2)45)25-13-27-20(16-40-25)11-24(36-39-9-10-43(27)36)33-34(37)30(48-4)15-31(49-5)35(33)38/h6,9-16,21-22H,1,7-8,17-18H2,2-5H3,(H,41,46). The molecule has 2 aromatic carbocycles. The second-order valence-corrected chi connectivity index (χ2v) is 12.8. The van der Waals surface area contributed by atoms with Gasteiger partial charge in [0.2, 0.25) is 11.8 Å². The lowest BCUT2D eigenvalue weighted by atomic mass is 10.0. The highest BCUT2D eigenvalue weighted by Crippen LogP contribution is 2.48. The first-order valence-corrected chi connectivity index (χ1v) is 16.5. The molecule has 5 heterocycles. The zero-order chi connectivity index (χ0) is 34.6. The first-order chi connectivity index (χ1) is 23.7. The SMILES string of the molecule is C=CC(=O)Nc1cc(-c2cc3c(cn2)cc(-c2c(Cl)c(OC)cc(OC)c2Cl)c2nccn23)c(OC)cc1N1CC2CCC(C1)N2C(C)=O. The van der Waals surface area contributed by atoms with Gasteiger partial charge in [0.15, 0.2) is 0 Å². The Kier molecular flexibility index (Phi) is 8.50. The number of methoxy groups -OCH3 is 3. The molecule has 5 aromatic rings. The summed E-state index contributed by atoms with van der Waals surface area (Å²) in [6, 6.07) is 9.56. The Morgan fingerprint density at radius 2 is 1.59 bits per heavy atom. The van der Waals surface area contributed by atoms with Crippen LogP contribution in [-0.2, 0) is 9.59 Å². The first-order valence-electron chi connectivity index (χ1n) is 15.7. The molecule has 2 atom stereocenters. The topological polar surface area (TPSA) is 111 Å². The highest BCUT2D eigenvalue weighted by Gasteiger charge is 2.42. The summed E-state index contributed by atoms with van der Waals surface area (Å²) in [6.07, 6.45) is 8.45. The van der Waals surface area contributed by atoms with Crippen molar-refractivity contribution in [1.82, 2.24) is 19.3 Å². The van der Waals surface area contributed by atoms with Crippen LogP contribution in [0.3, 0.4) is 0 Å². The molecule has 0 aliphatic carbocycles. The average Bonchev–Trinajstić information content (AvgIpc) is 3.71. The zero-order valence-corrected chi connectivity index (χ0v) is 28.9. The van der Waals surface area contributed by atoms with Gasteiger partial charge < -0.3 is 29.3 Å². The summed E-state index contributed by atoms with van der Waals surface area (Å²) in [5, 5.41) is 4.46. The normalized spacial score (nSPS) is 17.0. The van der Waals surface area contributed by atoms with E-state index in [9.17, 15) is 9.59 Å². The summed E-state index contributed by atoms with van der Waals surface area (Å²) in [6.45, 7) is 6.58. The van der Waals surface area contributed by atoms with Gasteiger partial charge in [-0.25, -0.2) is 4.98 Å². The van der Waals surface area contributed by atoms with Gasteiger partial charge in [-0.3, -0.25) is 19.0 Å². The number of amides is 2. The first kappa shape index (κ1) is 32.5. The molecule has 2 fully saturated rings. The summed E-state index contributed by atoms with van der Waals surface area (Å²) >= 11 is 13.6. The third kappa shape index (κ3) is 5.47. The zero-order valence-electron chi connectivity index (χ0n) is 27.4. The molecular formula is C36H34Cl2N6O5. The molecule has 0 radical (unpaired) electrons. The van der Waals surface area contributed by atoms with Crippen molar-refractivity contribution in [3.63, 3.8) is 0 Å². The number of nitrogens with zero attached hydrogens (tertiary/aromatic N) is 5. The summed E-state index contributed by atoms with van der Waals surface area (Å²) in [7, 11) is 4.67. The van der Waals surface area contributed by atoms with Crippen molar-refractivity contribution in [3.05, 3.63) is 71.6 Å². The van der Waals surface area contributed by atoms with E-state index in [2.05, 4.69) is 21.8 Å². The van der Waals surface area contributed by atoms with Gasteiger partial charge in [-0.05, 0) is 37.1 Å². The summed E-state index contributed by atoms with van der Waals surface area (Å²) < 4.78 is 18.9. The molecule has 13 heteroatoms. The van der Waals surface area contributed by atoms with E-state index >= 15 is 0 Å². The third-order valence-electron chi connectivity index (χ3n) is 9.42. The van der Waals surface area contributed by atoms with Crippen LogP contribution in [0.5, 0.6) is 17.2 Å². The second-order valence-electron chi connectivity index (χ2n) is 12.1. The number of rotatable bonds is 8. The number of benzene rings is 2. The Hall–Kier alpha value is -5.00. The molecule has 252 valence electrons. The second kappa shape index (κ2) is 12.8. The van der Waals surface area contributed by atoms with Gasteiger partial charge >= 0.3 is 0 Å². The van der Waals surface area contributed by atoms with Crippen molar-refractivity contribution >= 4 is 62.9 Å².